The van der Waals surface area contributed by atoms with Crippen molar-refractivity contribution in [2.45, 2.75) is 6.10 Å². The number of carbonyl (C=O) groups excluding carboxylic acids is 1. The predicted octanol–water partition coefficient (Wildman–Crippen LogP) is 2.30. The van der Waals surface area contributed by atoms with E-state index in [4.69, 9.17) is 18.9 Å². The first-order valence-corrected chi connectivity index (χ1v) is 8.36. The quantitative estimate of drug-likeness (QED) is 0.727. The average molecular weight is 371 g/mol. The molecule has 142 valence electrons. The molecule has 0 saturated carbocycles. The number of rotatable bonds is 7. The standard InChI is InChI=1S/C20H21NO6/c1-24-16-7-5-14(10-18(16)25-2)15(22)11-21-20(23)8-4-13-3-6-17-19(9-13)27-12-26-17/h3-10,15,22H,11-12H2,1-2H3,(H,21,23)/b8-4+. The summed E-state index contributed by atoms with van der Waals surface area (Å²) in [6.45, 7) is 0.275. The SMILES string of the molecule is COc1ccc(C(O)CNC(=O)/C=C/c2ccc3c(c2)OCO3)cc1OC. The zero-order valence-electron chi connectivity index (χ0n) is 15.1. The highest BCUT2D eigenvalue weighted by molar-refractivity contribution is 5.91. The Kier molecular flexibility index (Phi) is 5.83. The minimum atomic E-state index is -0.868. The Morgan fingerprint density at radius 1 is 1.15 bits per heavy atom. The van der Waals surface area contributed by atoms with Gasteiger partial charge in [0.25, 0.3) is 0 Å². The second kappa shape index (κ2) is 8.46. The number of fused-ring (bicyclic) bond motifs is 1. The van der Waals surface area contributed by atoms with Crippen molar-refractivity contribution in [3.05, 3.63) is 53.6 Å². The number of aliphatic hydroxyl groups excluding tert-OH is 1. The van der Waals surface area contributed by atoms with Gasteiger partial charge in [-0.05, 0) is 41.5 Å². The van der Waals surface area contributed by atoms with Crippen LogP contribution in [0.4, 0.5) is 0 Å². The highest BCUT2D eigenvalue weighted by Gasteiger charge is 2.13. The van der Waals surface area contributed by atoms with Gasteiger partial charge in [0.2, 0.25) is 12.7 Å². The third kappa shape index (κ3) is 4.51. The lowest BCUT2D eigenvalue weighted by atomic mass is 10.1. The van der Waals surface area contributed by atoms with E-state index in [1.807, 2.05) is 6.07 Å². The zero-order chi connectivity index (χ0) is 19.2. The topological polar surface area (TPSA) is 86.3 Å². The molecule has 7 nitrogen and oxygen atoms in total. The summed E-state index contributed by atoms with van der Waals surface area (Å²) in [4.78, 5) is 12.0. The van der Waals surface area contributed by atoms with Gasteiger partial charge >= 0.3 is 0 Å². The highest BCUT2D eigenvalue weighted by atomic mass is 16.7. The van der Waals surface area contributed by atoms with Gasteiger partial charge in [0.15, 0.2) is 23.0 Å². The summed E-state index contributed by atoms with van der Waals surface area (Å²) in [5.41, 5.74) is 1.43. The third-order valence-corrected chi connectivity index (χ3v) is 4.09. The Balaban J connectivity index is 1.55. The second-order valence-electron chi connectivity index (χ2n) is 5.82. The van der Waals surface area contributed by atoms with Gasteiger partial charge in [-0.25, -0.2) is 0 Å². The average Bonchev–Trinajstić information content (AvgIpc) is 3.17. The second-order valence-corrected chi connectivity index (χ2v) is 5.82. The van der Waals surface area contributed by atoms with Crippen molar-refractivity contribution in [3.8, 4) is 23.0 Å². The van der Waals surface area contributed by atoms with Gasteiger partial charge in [0.05, 0.1) is 20.3 Å². The molecule has 2 N–H and O–H groups in total. The molecule has 0 bridgehead atoms. The Morgan fingerprint density at radius 3 is 2.70 bits per heavy atom. The summed E-state index contributed by atoms with van der Waals surface area (Å²) in [6, 6.07) is 10.5. The van der Waals surface area contributed by atoms with Crippen LogP contribution in [0.2, 0.25) is 0 Å². The fourth-order valence-electron chi connectivity index (χ4n) is 2.62. The molecule has 0 spiro atoms. The van der Waals surface area contributed by atoms with Crippen molar-refractivity contribution in [1.29, 1.82) is 0 Å². The van der Waals surface area contributed by atoms with E-state index >= 15 is 0 Å². The fourth-order valence-corrected chi connectivity index (χ4v) is 2.62. The van der Waals surface area contributed by atoms with E-state index in [1.54, 1.807) is 43.5 Å². The first kappa shape index (κ1) is 18.6. The van der Waals surface area contributed by atoms with Crippen molar-refractivity contribution < 1.29 is 28.8 Å². The number of nitrogens with one attached hydrogen (secondary N) is 1. The fraction of sp³-hybridized carbons (Fsp3) is 0.250. The van der Waals surface area contributed by atoms with Crippen molar-refractivity contribution in [3.63, 3.8) is 0 Å². The Hall–Kier alpha value is -3.19. The molecule has 7 heteroatoms. The molecule has 0 saturated heterocycles. The maximum Gasteiger partial charge on any atom is 0.244 e. The first-order valence-electron chi connectivity index (χ1n) is 8.36. The summed E-state index contributed by atoms with van der Waals surface area (Å²) in [6.07, 6.45) is 2.20. The van der Waals surface area contributed by atoms with Crippen molar-refractivity contribution >= 4 is 12.0 Å². The molecular formula is C20H21NO6. The van der Waals surface area contributed by atoms with Gasteiger partial charge in [-0.2, -0.15) is 0 Å². The zero-order valence-corrected chi connectivity index (χ0v) is 15.1. The maximum absolute atomic E-state index is 12.0. The lowest BCUT2D eigenvalue weighted by Crippen LogP contribution is -2.26. The number of carbonyl (C=O) groups is 1. The molecule has 3 rings (SSSR count). The van der Waals surface area contributed by atoms with E-state index in [2.05, 4.69) is 5.32 Å². The van der Waals surface area contributed by atoms with Crippen LogP contribution < -0.4 is 24.3 Å². The van der Waals surface area contributed by atoms with Gasteiger partial charge in [0, 0.05) is 12.6 Å². The van der Waals surface area contributed by atoms with Crippen LogP contribution in [0.1, 0.15) is 17.2 Å². The van der Waals surface area contributed by atoms with Gasteiger partial charge in [0.1, 0.15) is 0 Å². The number of benzene rings is 2. The van der Waals surface area contributed by atoms with Gasteiger partial charge < -0.3 is 29.4 Å². The molecule has 1 aliphatic heterocycles. The van der Waals surface area contributed by atoms with E-state index < -0.39 is 6.10 Å². The highest BCUT2D eigenvalue weighted by Crippen LogP contribution is 2.33. The van der Waals surface area contributed by atoms with Crippen LogP contribution in [0, 0.1) is 0 Å². The number of ether oxygens (including phenoxy) is 4. The summed E-state index contributed by atoms with van der Waals surface area (Å²) in [5, 5.41) is 12.9. The maximum atomic E-state index is 12.0. The predicted molar refractivity (Wildman–Crippen MR) is 99.1 cm³/mol. The largest absolute Gasteiger partial charge is 0.493 e. The summed E-state index contributed by atoms with van der Waals surface area (Å²) < 4.78 is 20.9. The number of aliphatic hydroxyl groups is 1. The summed E-state index contributed by atoms with van der Waals surface area (Å²) in [7, 11) is 3.07. The molecule has 1 heterocycles. The van der Waals surface area contributed by atoms with E-state index in [9.17, 15) is 9.90 Å². The van der Waals surface area contributed by atoms with Crippen molar-refractivity contribution in [1.82, 2.24) is 5.32 Å². The van der Waals surface area contributed by atoms with E-state index in [-0.39, 0.29) is 19.2 Å². The van der Waals surface area contributed by atoms with Gasteiger partial charge in [-0.1, -0.05) is 12.1 Å². The van der Waals surface area contributed by atoms with Crippen LogP contribution in [-0.2, 0) is 4.79 Å². The molecule has 0 aliphatic carbocycles. The first-order chi connectivity index (χ1) is 13.1. The van der Waals surface area contributed by atoms with Gasteiger partial charge in [-0.3, -0.25) is 4.79 Å². The van der Waals surface area contributed by atoms with Crippen LogP contribution in [0.3, 0.4) is 0 Å². The summed E-state index contributed by atoms with van der Waals surface area (Å²) >= 11 is 0. The Bertz CT molecular complexity index is 848. The monoisotopic (exact) mass is 371 g/mol. The summed E-state index contributed by atoms with van der Waals surface area (Å²) in [5.74, 6) is 2.12. The number of amides is 1. The van der Waals surface area contributed by atoms with Crippen molar-refractivity contribution in [2.24, 2.45) is 0 Å². The minimum Gasteiger partial charge on any atom is -0.493 e. The van der Waals surface area contributed by atoms with Crippen LogP contribution in [0.5, 0.6) is 23.0 Å². The normalized spacial score (nSPS) is 13.4. The van der Waals surface area contributed by atoms with Gasteiger partial charge in [-0.15, -0.1) is 0 Å². The van der Waals surface area contributed by atoms with E-state index in [0.717, 1.165) is 5.56 Å². The number of hydrogen-bond acceptors (Lipinski definition) is 6. The number of methoxy groups -OCH3 is 2. The smallest absolute Gasteiger partial charge is 0.244 e. The lowest BCUT2D eigenvalue weighted by molar-refractivity contribution is -0.116. The molecule has 2 aromatic carbocycles. The molecular weight excluding hydrogens is 350 g/mol. The van der Waals surface area contributed by atoms with Crippen LogP contribution >= 0.6 is 0 Å². The van der Waals surface area contributed by atoms with Crippen molar-refractivity contribution in [2.75, 3.05) is 27.6 Å². The minimum absolute atomic E-state index is 0.0692. The third-order valence-electron chi connectivity index (χ3n) is 4.09. The molecule has 1 amide bonds. The van der Waals surface area contributed by atoms with Crippen LogP contribution in [0.25, 0.3) is 6.08 Å². The Labute approximate surface area is 157 Å². The Morgan fingerprint density at radius 2 is 1.93 bits per heavy atom. The number of hydrogen-bond donors (Lipinski definition) is 2. The molecule has 27 heavy (non-hydrogen) atoms. The molecule has 1 unspecified atom stereocenters. The molecule has 1 aliphatic rings. The van der Waals surface area contributed by atoms with E-state index in [0.29, 0.717) is 28.6 Å². The lowest BCUT2D eigenvalue weighted by Gasteiger charge is -2.14. The molecule has 1 atom stereocenters. The van der Waals surface area contributed by atoms with Crippen LogP contribution in [0.15, 0.2) is 42.5 Å². The molecule has 2 aromatic rings. The molecule has 0 fully saturated rings. The molecule has 0 aromatic heterocycles. The van der Waals surface area contributed by atoms with E-state index in [1.165, 1.54) is 13.2 Å². The van der Waals surface area contributed by atoms with Crippen LogP contribution in [-0.4, -0.2) is 38.6 Å². The molecule has 0 radical (unpaired) electrons.